The Bertz CT molecular complexity index is 1420. The number of carbonyl (C=O) groups is 2. The fourth-order valence-corrected chi connectivity index (χ4v) is 5.17. The Balaban J connectivity index is 1.74. The number of halogens is 2. The van der Waals surface area contributed by atoms with Crippen LogP contribution >= 0.6 is 23.2 Å². The van der Waals surface area contributed by atoms with Gasteiger partial charge in [-0.05, 0) is 57.0 Å². The van der Waals surface area contributed by atoms with Crippen molar-refractivity contribution in [2.75, 3.05) is 14.2 Å². The van der Waals surface area contributed by atoms with E-state index < -0.39 is 17.4 Å². The number of benzene rings is 2. The zero-order valence-electron chi connectivity index (χ0n) is 21.1. The minimum Gasteiger partial charge on any atom is -0.496 e. The highest BCUT2D eigenvalue weighted by Crippen LogP contribution is 2.54. The van der Waals surface area contributed by atoms with Crippen LogP contribution in [0.2, 0.25) is 10.0 Å². The number of methoxy groups -OCH3 is 1. The van der Waals surface area contributed by atoms with Gasteiger partial charge in [0, 0.05) is 45.7 Å². The summed E-state index contributed by atoms with van der Waals surface area (Å²) in [5.74, 6) is -0.601. The molecule has 194 valence electrons. The molecular weight excluding hydrogens is 517 g/mol. The maximum atomic E-state index is 13.6. The summed E-state index contributed by atoms with van der Waals surface area (Å²) < 4.78 is 13.4. The Hall–Kier alpha value is -3.23. The molecule has 0 radical (unpaired) electrons. The number of carboxylic acids is 1. The van der Waals surface area contributed by atoms with Crippen LogP contribution < -0.4 is 9.47 Å². The van der Waals surface area contributed by atoms with Crippen molar-refractivity contribution in [1.82, 2.24) is 14.7 Å². The fraction of sp³-hybridized carbons (Fsp3) is 0.370. The monoisotopic (exact) mass is 543 g/mol. The number of ether oxygens (including phenoxy) is 2. The largest absolute Gasteiger partial charge is 0.496 e. The van der Waals surface area contributed by atoms with Gasteiger partial charge in [-0.25, -0.2) is 4.68 Å². The summed E-state index contributed by atoms with van der Waals surface area (Å²) in [7, 11) is 3.29. The highest BCUT2D eigenvalue weighted by molar-refractivity contribution is 6.34. The average molecular weight is 544 g/mol. The second kappa shape index (κ2) is 8.96. The SMILES string of the molecule is COc1cc2c(cc1[C@H]1C[C@H]1C(=O)O)-c1c(c(C(=O)N(C)C(C)(C)C)nn1-c1cc(Cl)cc(Cl)c1)CO2. The second-order valence-corrected chi connectivity index (χ2v) is 11.3. The van der Waals surface area contributed by atoms with Crippen LogP contribution in [0.25, 0.3) is 16.9 Å². The van der Waals surface area contributed by atoms with Crippen molar-refractivity contribution in [3.8, 4) is 28.4 Å². The predicted molar refractivity (Wildman–Crippen MR) is 140 cm³/mol. The van der Waals surface area contributed by atoms with Gasteiger partial charge in [-0.2, -0.15) is 5.10 Å². The molecule has 1 aliphatic heterocycles. The highest BCUT2D eigenvalue weighted by atomic mass is 35.5. The van der Waals surface area contributed by atoms with Gasteiger partial charge in [0.2, 0.25) is 0 Å². The quantitative estimate of drug-likeness (QED) is 0.436. The predicted octanol–water partition coefficient (Wildman–Crippen LogP) is 5.81. The number of amides is 1. The molecule has 5 rings (SSSR count). The molecule has 2 heterocycles. The summed E-state index contributed by atoms with van der Waals surface area (Å²) in [4.78, 5) is 26.9. The summed E-state index contributed by atoms with van der Waals surface area (Å²) in [6.07, 6.45) is 0.529. The van der Waals surface area contributed by atoms with Crippen LogP contribution in [0.1, 0.15) is 54.7 Å². The van der Waals surface area contributed by atoms with Gasteiger partial charge in [-0.1, -0.05) is 23.2 Å². The molecule has 37 heavy (non-hydrogen) atoms. The standard InChI is InChI=1S/C27H27Cl2N3O5/c1-27(2,3)31(4)25(33)23-20-12-37-22-11-21(36-5)17(16-9-18(16)26(34)35)10-19(22)24(20)32(30-23)15-7-13(28)6-14(29)8-15/h6-8,10-11,16,18H,9,12H2,1-5H3,(H,34,35)/t16-,18-/m1/s1. The summed E-state index contributed by atoms with van der Waals surface area (Å²) in [6.45, 7) is 5.97. The summed E-state index contributed by atoms with van der Waals surface area (Å²) in [5.41, 5.74) is 3.19. The van der Waals surface area contributed by atoms with Crippen LogP contribution in [0.3, 0.4) is 0 Å². The zero-order valence-corrected chi connectivity index (χ0v) is 22.6. The summed E-state index contributed by atoms with van der Waals surface area (Å²) in [6, 6.07) is 8.75. The Labute approximate surface area is 224 Å². The molecular formula is C27H27Cl2N3O5. The number of aromatic nitrogens is 2. The number of hydrogen-bond donors (Lipinski definition) is 1. The molecule has 1 N–H and O–H groups in total. The molecule has 1 aliphatic carbocycles. The third-order valence-corrected chi connectivity index (χ3v) is 7.49. The van der Waals surface area contributed by atoms with E-state index in [1.807, 2.05) is 26.8 Å². The van der Waals surface area contributed by atoms with E-state index in [1.54, 1.807) is 48.0 Å². The third-order valence-electron chi connectivity index (χ3n) is 7.05. The zero-order chi connectivity index (χ0) is 26.8. The lowest BCUT2D eigenvalue weighted by molar-refractivity contribution is -0.138. The van der Waals surface area contributed by atoms with Gasteiger partial charge >= 0.3 is 5.97 Å². The lowest BCUT2D eigenvalue weighted by Crippen LogP contribution is -2.43. The van der Waals surface area contributed by atoms with Crippen LogP contribution in [-0.2, 0) is 11.4 Å². The van der Waals surface area contributed by atoms with Gasteiger partial charge in [0.05, 0.1) is 24.4 Å². The van der Waals surface area contributed by atoms with Gasteiger partial charge < -0.3 is 19.5 Å². The van der Waals surface area contributed by atoms with E-state index in [0.717, 1.165) is 5.56 Å². The van der Waals surface area contributed by atoms with E-state index >= 15 is 0 Å². The van der Waals surface area contributed by atoms with E-state index in [4.69, 9.17) is 37.8 Å². The van der Waals surface area contributed by atoms with Crippen molar-refractivity contribution >= 4 is 35.1 Å². The number of carbonyl (C=O) groups excluding carboxylic acids is 1. The lowest BCUT2D eigenvalue weighted by atomic mass is 9.96. The van der Waals surface area contributed by atoms with Crippen LogP contribution in [0.4, 0.5) is 0 Å². The molecule has 1 fully saturated rings. The van der Waals surface area contributed by atoms with Gasteiger partial charge in [0.15, 0.2) is 5.69 Å². The first kappa shape index (κ1) is 25.4. The maximum absolute atomic E-state index is 13.6. The van der Waals surface area contributed by atoms with Crippen LogP contribution in [0.15, 0.2) is 30.3 Å². The number of rotatable bonds is 5. The molecule has 8 nitrogen and oxygen atoms in total. The van der Waals surface area contributed by atoms with Crippen LogP contribution in [0, 0.1) is 5.92 Å². The van der Waals surface area contributed by atoms with Gasteiger partial charge in [-0.3, -0.25) is 9.59 Å². The lowest BCUT2D eigenvalue weighted by Gasteiger charge is -2.31. The minimum absolute atomic E-state index is 0.124. The van der Waals surface area contributed by atoms with Gasteiger partial charge in [0.25, 0.3) is 5.91 Å². The first-order valence-corrected chi connectivity index (χ1v) is 12.6. The van der Waals surface area contributed by atoms with Crippen LogP contribution in [-0.4, -0.2) is 51.4 Å². The number of carboxylic acid groups (broad SMARTS) is 1. The Morgan fingerprint density at radius 1 is 1.16 bits per heavy atom. The van der Waals surface area contributed by atoms with E-state index in [0.29, 0.717) is 50.5 Å². The normalized spacial score (nSPS) is 17.9. The molecule has 0 saturated heterocycles. The van der Waals surface area contributed by atoms with Gasteiger partial charge in [0.1, 0.15) is 18.1 Å². The Kier molecular flexibility index (Phi) is 6.15. The second-order valence-electron chi connectivity index (χ2n) is 10.4. The van der Waals surface area contributed by atoms with E-state index in [2.05, 4.69) is 0 Å². The molecule has 0 bridgehead atoms. The Morgan fingerprint density at radius 3 is 2.41 bits per heavy atom. The van der Waals surface area contributed by atoms with E-state index in [-0.39, 0.29) is 24.1 Å². The number of fused-ring (bicyclic) bond motifs is 3. The Morgan fingerprint density at radius 2 is 1.84 bits per heavy atom. The molecule has 10 heteroatoms. The van der Waals surface area contributed by atoms with Crippen molar-refractivity contribution < 1.29 is 24.2 Å². The topological polar surface area (TPSA) is 93.9 Å². The molecule has 0 spiro atoms. The smallest absolute Gasteiger partial charge is 0.307 e. The first-order valence-electron chi connectivity index (χ1n) is 11.8. The van der Waals surface area contributed by atoms with E-state index in [1.165, 1.54) is 0 Å². The molecule has 1 saturated carbocycles. The minimum atomic E-state index is -0.835. The van der Waals surface area contributed by atoms with Crippen molar-refractivity contribution in [2.45, 2.75) is 45.3 Å². The van der Waals surface area contributed by atoms with Crippen LogP contribution in [0.5, 0.6) is 11.5 Å². The van der Waals surface area contributed by atoms with Crippen molar-refractivity contribution in [2.24, 2.45) is 5.92 Å². The highest BCUT2D eigenvalue weighted by Gasteiger charge is 2.46. The average Bonchev–Trinajstić information content (AvgIpc) is 3.54. The molecule has 2 aliphatic rings. The summed E-state index contributed by atoms with van der Waals surface area (Å²) in [5, 5.41) is 15.1. The molecule has 2 aromatic carbocycles. The molecule has 2 atom stereocenters. The third kappa shape index (κ3) is 4.42. The molecule has 3 aromatic rings. The summed E-state index contributed by atoms with van der Waals surface area (Å²) >= 11 is 12.7. The number of aliphatic carboxylic acids is 1. The fourth-order valence-electron chi connectivity index (χ4n) is 4.66. The van der Waals surface area contributed by atoms with E-state index in [9.17, 15) is 14.7 Å². The van der Waals surface area contributed by atoms with Crippen molar-refractivity contribution in [3.63, 3.8) is 0 Å². The number of nitrogens with zero attached hydrogens (tertiary/aromatic N) is 3. The van der Waals surface area contributed by atoms with Crippen molar-refractivity contribution in [1.29, 1.82) is 0 Å². The maximum Gasteiger partial charge on any atom is 0.307 e. The molecule has 1 amide bonds. The van der Waals surface area contributed by atoms with Gasteiger partial charge in [-0.15, -0.1) is 0 Å². The van der Waals surface area contributed by atoms with Crippen molar-refractivity contribution in [3.05, 3.63) is 57.2 Å². The number of hydrogen-bond acceptors (Lipinski definition) is 5. The molecule has 0 unspecified atom stereocenters. The molecule has 1 aromatic heterocycles. The first-order chi connectivity index (χ1) is 17.4.